The van der Waals surface area contributed by atoms with Crippen LogP contribution in [-0.4, -0.2) is 44.2 Å². The van der Waals surface area contributed by atoms with E-state index in [4.69, 9.17) is 14.5 Å². The molecule has 5 heteroatoms. The largest absolute Gasteiger partial charge is 0.497 e. The predicted octanol–water partition coefficient (Wildman–Crippen LogP) is 6.56. The second-order valence-electron chi connectivity index (χ2n) is 8.44. The first-order chi connectivity index (χ1) is 15.4. The molecule has 1 heterocycles. The summed E-state index contributed by atoms with van der Waals surface area (Å²) >= 11 is 0. The van der Waals surface area contributed by atoms with Gasteiger partial charge in [-0.1, -0.05) is 35.9 Å². The van der Waals surface area contributed by atoms with Crippen molar-refractivity contribution in [1.29, 1.82) is 0 Å². The highest BCUT2D eigenvalue weighted by Gasteiger charge is 2.13. The van der Waals surface area contributed by atoms with Crippen molar-refractivity contribution >= 4 is 23.2 Å². The van der Waals surface area contributed by atoms with Crippen LogP contribution in [0.15, 0.2) is 66.7 Å². The number of methoxy groups -OCH3 is 1. The molecule has 0 N–H and O–H groups in total. The number of aryl methyl sites for hydroxylation is 2. The van der Waals surface area contributed by atoms with Crippen molar-refractivity contribution in [1.82, 2.24) is 9.88 Å². The van der Waals surface area contributed by atoms with Crippen molar-refractivity contribution in [2.75, 3.05) is 34.4 Å². The summed E-state index contributed by atoms with van der Waals surface area (Å²) in [6.07, 6.45) is 0. The number of benzene rings is 3. The fraction of sp³-hybridized carbons (Fsp3) is 0.250. The third-order valence-electron chi connectivity index (χ3n) is 5.61. The molecule has 0 atom stereocenters. The topological polar surface area (TPSA) is 34.6 Å². The van der Waals surface area contributed by atoms with Crippen LogP contribution in [-0.2, 0) is 0 Å². The molecule has 0 saturated carbocycles. The average Bonchev–Trinajstić information content (AvgIpc) is 2.78. The zero-order valence-electron chi connectivity index (χ0n) is 19.9. The van der Waals surface area contributed by atoms with E-state index >= 15 is 0 Å². The molecule has 0 radical (unpaired) electrons. The maximum atomic E-state index is 5.99. The first-order valence-corrected chi connectivity index (χ1v) is 10.9. The number of hydrogen-bond acceptors (Lipinski definition) is 4. The number of ether oxygens (including phenoxy) is 2. The fourth-order valence-corrected chi connectivity index (χ4v) is 3.87. The molecule has 0 amide bonds. The Morgan fingerprint density at radius 1 is 0.879 bits per heavy atom. The van der Waals surface area contributed by atoms with Crippen molar-refractivity contribution < 1.29 is 9.47 Å². The normalized spacial score (nSPS) is 10.8. The van der Waals surface area contributed by atoms with Gasteiger partial charge < -0.3 is 14.4 Å². The Hall–Kier alpha value is -3.08. The van der Waals surface area contributed by atoms with Crippen LogP contribution in [0, 0.1) is 13.8 Å². The van der Waals surface area contributed by atoms with Crippen LogP contribution in [0.5, 0.6) is 11.5 Å². The van der Waals surface area contributed by atoms with Gasteiger partial charge in [0.2, 0.25) is 0 Å². The van der Waals surface area contributed by atoms with Crippen LogP contribution < -0.4 is 9.47 Å². The van der Waals surface area contributed by atoms with Gasteiger partial charge in [0.15, 0.2) is 0 Å². The Morgan fingerprint density at radius 3 is 2.42 bits per heavy atom. The lowest BCUT2D eigenvalue weighted by molar-refractivity contribution is 0.261. The number of rotatable bonds is 7. The number of pyridine rings is 1. The summed E-state index contributed by atoms with van der Waals surface area (Å²) in [5.74, 6) is 1.71. The van der Waals surface area contributed by atoms with Crippen LogP contribution >= 0.6 is 12.4 Å². The minimum absolute atomic E-state index is 0. The third kappa shape index (κ3) is 5.65. The summed E-state index contributed by atoms with van der Waals surface area (Å²) < 4.78 is 11.4. The second-order valence-corrected chi connectivity index (χ2v) is 8.44. The Morgan fingerprint density at radius 2 is 1.70 bits per heavy atom. The molecule has 0 saturated heterocycles. The molecule has 0 spiro atoms. The van der Waals surface area contributed by atoms with Gasteiger partial charge in [-0.2, -0.15) is 0 Å². The summed E-state index contributed by atoms with van der Waals surface area (Å²) in [5.41, 5.74) is 6.44. The summed E-state index contributed by atoms with van der Waals surface area (Å²) in [6.45, 7) is 5.74. The van der Waals surface area contributed by atoms with Crippen LogP contribution in [0.1, 0.15) is 11.1 Å². The lowest BCUT2D eigenvalue weighted by Crippen LogP contribution is -2.19. The highest BCUT2D eigenvalue weighted by molar-refractivity contribution is 5.97. The molecule has 0 aliphatic heterocycles. The first-order valence-electron chi connectivity index (χ1n) is 10.9. The zero-order valence-corrected chi connectivity index (χ0v) is 20.7. The van der Waals surface area contributed by atoms with Crippen molar-refractivity contribution in [2.45, 2.75) is 13.8 Å². The van der Waals surface area contributed by atoms with Gasteiger partial charge in [0.1, 0.15) is 18.1 Å². The van der Waals surface area contributed by atoms with Gasteiger partial charge in [-0.25, -0.2) is 4.98 Å². The molecule has 4 aromatic rings. The van der Waals surface area contributed by atoms with E-state index in [1.807, 2.05) is 32.3 Å². The van der Waals surface area contributed by atoms with E-state index in [1.54, 1.807) is 7.11 Å². The van der Waals surface area contributed by atoms with Crippen molar-refractivity contribution in [3.05, 3.63) is 77.9 Å². The van der Waals surface area contributed by atoms with Crippen molar-refractivity contribution in [2.24, 2.45) is 0 Å². The SMILES string of the molecule is COc1ccc(-c2cc3cc(C)ccc3c(-c3cccc(OCCN(C)C)c3)n2)c(C)c1.Cl. The van der Waals surface area contributed by atoms with E-state index in [9.17, 15) is 0 Å². The molecule has 0 bridgehead atoms. The number of nitrogens with zero attached hydrogens (tertiary/aromatic N) is 2. The summed E-state index contributed by atoms with van der Waals surface area (Å²) in [5, 5.41) is 2.31. The lowest BCUT2D eigenvalue weighted by atomic mass is 9.98. The fourth-order valence-electron chi connectivity index (χ4n) is 3.87. The maximum absolute atomic E-state index is 5.99. The van der Waals surface area contributed by atoms with Gasteiger partial charge in [-0.05, 0) is 75.3 Å². The second kappa shape index (κ2) is 10.7. The van der Waals surface area contributed by atoms with Crippen molar-refractivity contribution in [3.63, 3.8) is 0 Å². The summed E-state index contributed by atoms with van der Waals surface area (Å²) in [7, 11) is 5.78. The average molecular weight is 463 g/mol. The van der Waals surface area contributed by atoms with E-state index in [1.165, 1.54) is 10.9 Å². The van der Waals surface area contributed by atoms with Crippen LogP contribution in [0.3, 0.4) is 0 Å². The van der Waals surface area contributed by atoms with Gasteiger partial charge in [0, 0.05) is 23.1 Å². The zero-order chi connectivity index (χ0) is 22.7. The molecule has 1 aromatic heterocycles. The van der Waals surface area contributed by atoms with Gasteiger partial charge >= 0.3 is 0 Å². The van der Waals surface area contributed by atoms with E-state index < -0.39 is 0 Å². The molecule has 4 rings (SSSR count). The molecule has 0 aliphatic carbocycles. The van der Waals surface area contributed by atoms with Crippen LogP contribution in [0.25, 0.3) is 33.3 Å². The number of aromatic nitrogens is 1. The molecular weight excluding hydrogens is 432 g/mol. The molecule has 0 fully saturated rings. The highest BCUT2D eigenvalue weighted by atomic mass is 35.5. The molecule has 4 nitrogen and oxygen atoms in total. The van der Waals surface area contributed by atoms with E-state index in [0.29, 0.717) is 6.61 Å². The molecule has 172 valence electrons. The molecule has 3 aromatic carbocycles. The monoisotopic (exact) mass is 462 g/mol. The lowest BCUT2D eigenvalue weighted by Gasteiger charge is -2.14. The Kier molecular flexibility index (Phi) is 7.96. The molecule has 33 heavy (non-hydrogen) atoms. The molecule has 0 unspecified atom stereocenters. The van der Waals surface area contributed by atoms with Crippen LogP contribution in [0.4, 0.5) is 0 Å². The maximum Gasteiger partial charge on any atom is 0.120 e. The first kappa shape index (κ1) is 24.6. The summed E-state index contributed by atoms with van der Waals surface area (Å²) in [4.78, 5) is 7.25. The van der Waals surface area contributed by atoms with Gasteiger partial charge in [-0.3, -0.25) is 0 Å². The molecule has 0 aliphatic rings. The molecular formula is C28H31ClN2O2. The van der Waals surface area contributed by atoms with Gasteiger partial charge in [-0.15, -0.1) is 12.4 Å². The predicted molar refractivity (Wildman–Crippen MR) is 140 cm³/mol. The number of likely N-dealkylation sites (N-methyl/N-ethyl adjacent to an activating group) is 1. The van der Waals surface area contributed by atoms with Crippen LogP contribution in [0.2, 0.25) is 0 Å². The number of hydrogen-bond donors (Lipinski definition) is 0. The van der Waals surface area contributed by atoms with E-state index in [-0.39, 0.29) is 12.4 Å². The Labute approximate surface area is 202 Å². The highest BCUT2D eigenvalue weighted by Crippen LogP contribution is 2.34. The van der Waals surface area contributed by atoms with E-state index in [2.05, 4.69) is 67.3 Å². The smallest absolute Gasteiger partial charge is 0.120 e. The Bertz CT molecular complexity index is 1250. The van der Waals surface area contributed by atoms with Gasteiger partial charge in [0.05, 0.1) is 18.5 Å². The standard InChI is InChI=1S/C28H30N2O2.ClH/c1-19-9-11-26-22(15-19)18-27(25-12-10-23(31-5)16-20(25)2)29-28(26)21-7-6-8-24(17-21)32-14-13-30(3)4;/h6-12,15-18H,13-14H2,1-5H3;1H. The van der Waals surface area contributed by atoms with Gasteiger partial charge in [0.25, 0.3) is 0 Å². The van der Waals surface area contributed by atoms with Crippen molar-refractivity contribution in [3.8, 4) is 34.0 Å². The van der Waals surface area contributed by atoms with E-state index in [0.717, 1.165) is 51.5 Å². The minimum Gasteiger partial charge on any atom is -0.497 e. The third-order valence-corrected chi connectivity index (χ3v) is 5.61. The summed E-state index contributed by atoms with van der Waals surface area (Å²) in [6, 6.07) is 23.1. The minimum atomic E-state index is 0. The quantitative estimate of drug-likeness (QED) is 0.311. The number of halogens is 1. The Balaban J connectivity index is 0.00000306. The number of fused-ring (bicyclic) bond motifs is 1.